The average molecular weight is 486 g/mol. The zero-order chi connectivity index (χ0) is 25.2. The molecule has 0 saturated carbocycles. The van der Waals surface area contributed by atoms with Crippen LogP contribution in [0.5, 0.6) is 5.75 Å². The summed E-state index contributed by atoms with van der Waals surface area (Å²) in [6.45, 7) is 1.21. The van der Waals surface area contributed by atoms with Crippen LogP contribution in [0.1, 0.15) is 20.7 Å². The zero-order valence-corrected chi connectivity index (χ0v) is 19.5. The van der Waals surface area contributed by atoms with E-state index in [4.69, 9.17) is 10.5 Å². The van der Waals surface area contributed by atoms with Crippen molar-refractivity contribution in [2.75, 3.05) is 39.0 Å². The van der Waals surface area contributed by atoms with Crippen molar-refractivity contribution in [1.29, 1.82) is 0 Å². The van der Waals surface area contributed by atoms with Crippen molar-refractivity contribution < 1.29 is 19.1 Å². The van der Waals surface area contributed by atoms with Crippen LogP contribution in [0.2, 0.25) is 0 Å². The largest absolute Gasteiger partial charge is 0.494 e. The van der Waals surface area contributed by atoms with E-state index in [0.29, 0.717) is 46.6 Å². The Hall–Kier alpha value is -4.80. The zero-order valence-electron chi connectivity index (χ0n) is 19.5. The molecule has 2 amide bonds. The molecular weight excluding hydrogens is 462 g/mol. The number of piperazine rings is 1. The Kier molecular flexibility index (Phi) is 6.03. The molecule has 5 rings (SSSR count). The van der Waals surface area contributed by atoms with Gasteiger partial charge < -0.3 is 25.3 Å². The number of nitrogens with zero attached hydrogens (tertiary/aromatic N) is 5. The molecule has 1 fully saturated rings. The number of aromatic amines is 1. The lowest BCUT2D eigenvalue weighted by Crippen LogP contribution is -2.52. The summed E-state index contributed by atoms with van der Waals surface area (Å²) in [5.74, 6) is -0.933. The maximum atomic E-state index is 13.3. The topological polar surface area (TPSA) is 147 Å². The quantitative estimate of drug-likeness (QED) is 0.321. The van der Waals surface area contributed by atoms with Gasteiger partial charge in [0.1, 0.15) is 5.75 Å². The number of nitrogens with one attached hydrogen (secondary N) is 1. The third kappa shape index (κ3) is 4.11. The first-order chi connectivity index (χ1) is 17.5. The molecule has 11 nitrogen and oxygen atoms in total. The van der Waals surface area contributed by atoms with Gasteiger partial charge in [-0.1, -0.05) is 18.2 Å². The van der Waals surface area contributed by atoms with Gasteiger partial charge in [0.15, 0.2) is 0 Å². The fourth-order valence-electron chi connectivity index (χ4n) is 4.27. The Balaban J connectivity index is 1.37. The number of carbonyl (C=O) groups is 3. The lowest BCUT2D eigenvalue weighted by Gasteiger charge is -2.34. The lowest BCUT2D eigenvalue weighted by atomic mass is 10.1. The van der Waals surface area contributed by atoms with Crippen LogP contribution in [0, 0.1) is 0 Å². The molecule has 0 aliphatic carbocycles. The van der Waals surface area contributed by atoms with Gasteiger partial charge in [-0.15, -0.1) is 0 Å². The molecule has 182 valence electrons. The van der Waals surface area contributed by atoms with Gasteiger partial charge in [-0.3, -0.25) is 19.4 Å². The molecule has 0 bridgehead atoms. The molecule has 1 aliphatic heterocycles. The first-order valence-corrected chi connectivity index (χ1v) is 11.3. The van der Waals surface area contributed by atoms with Gasteiger partial charge in [-0.25, -0.2) is 9.97 Å². The molecule has 0 unspecified atom stereocenters. The molecule has 1 aromatic carbocycles. The first kappa shape index (κ1) is 23.0. The van der Waals surface area contributed by atoms with Crippen molar-refractivity contribution in [2.45, 2.75) is 0 Å². The van der Waals surface area contributed by atoms with E-state index in [2.05, 4.69) is 19.9 Å². The van der Waals surface area contributed by atoms with E-state index in [9.17, 15) is 14.4 Å². The second kappa shape index (κ2) is 9.45. The number of ether oxygens (including phenoxy) is 1. The lowest BCUT2D eigenvalue weighted by molar-refractivity contribution is -0.127. The highest BCUT2D eigenvalue weighted by atomic mass is 16.5. The Morgan fingerprint density at radius 2 is 1.61 bits per heavy atom. The molecule has 1 aliphatic rings. The number of fused-ring (bicyclic) bond motifs is 1. The van der Waals surface area contributed by atoms with E-state index >= 15 is 0 Å². The van der Waals surface area contributed by atoms with E-state index in [0.717, 1.165) is 0 Å². The van der Waals surface area contributed by atoms with Crippen LogP contribution in [-0.4, -0.2) is 80.6 Å². The van der Waals surface area contributed by atoms with E-state index < -0.39 is 11.7 Å². The van der Waals surface area contributed by atoms with Gasteiger partial charge in [0.2, 0.25) is 5.95 Å². The van der Waals surface area contributed by atoms with E-state index in [-0.39, 0.29) is 30.5 Å². The molecule has 3 N–H and O–H groups in total. The maximum Gasteiger partial charge on any atom is 0.295 e. The number of Topliss-reactive ketones (excluding diaryl/α,β-unsaturated/α-hetero) is 1. The number of anilines is 1. The summed E-state index contributed by atoms with van der Waals surface area (Å²) in [5.41, 5.74) is 7.94. The number of ketones is 1. The van der Waals surface area contributed by atoms with Crippen LogP contribution in [0.15, 0.2) is 55.1 Å². The van der Waals surface area contributed by atoms with Crippen molar-refractivity contribution in [3.8, 4) is 17.0 Å². The van der Waals surface area contributed by atoms with Crippen molar-refractivity contribution in [1.82, 2.24) is 29.7 Å². The third-order valence-corrected chi connectivity index (χ3v) is 6.15. The Morgan fingerprint density at radius 3 is 2.28 bits per heavy atom. The smallest absolute Gasteiger partial charge is 0.295 e. The van der Waals surface area contributed by atoms with E-state index in [1.165, 1.54) is 36.8 Å². The number of amides is 2. The minimum Gasteiger partial charge on any atom is -0.494 e. The number of hydrogen-bond donors (Lipinski definition) is 2. The van der Waals surface area contributed by atoms with Gasteiger partial charge in [0, 0.05) is 55.9 Å². The van der Waals surface area contributed by atoms with Crippen LogP contribution in [0.3, 0.4) is 0 Å². The SMILES string of the molecule is COc1cnc(-c2cnc(N)nc2)c2[nH]cc(C(=O)C(=O)N3CCN(C(=O)c4ccccc4)CC3)c12. The predicted octanol–water partition coefficient (Wildman–Crippen LogP) is 1.78. The van der Waals surface area contributed by atoms with Crippen molar-refractivity contribution in [3.05, 3.63) is 66.2 Å². The number of nitrogens with two attached hydrogens (primary N) is 1. The third-order valence-electron chi connectivity index (χ3n) is 6.15. The monoisotopic (exact) mass is 485 g/mol. The number of nitrogen functional groups attached to an aromatic ring is 1. The molecule has 3 aromatic heterocycles. The molecule has 1 saturated heterocycles. The van der Waals surface area contributed by atoms with Gasteiger partial charge >= 0.3 is 0 Å². The molecule has 0 atom stereocenters. The number of pyridine rings is 1. The number of aromatic nitrogens is 4. The van der Waals surface area contributed by atoms with Crippen LogP contribution in [0.25, 0.3) is 22.2 Å². The molecular formula is C25H23N7O4. The molecule has 11 heteroatoms. The standard InChI is InChI=1S/C25H23N7O4/c1-36-18-14-28-20(16-11-29-25(26)30-12-16)21-19(18)17(13-27-21)22(33)24(35)32-9-7-31(8-10-32)23(34)15-5-3-2-4-6-15/h2-6,11-14,27H,7-10H2,1H3,(H2,26,29,30). The average Bonchev–Trinajstić information content (AvgIpc) is 3.38. The van der Waals surface area contributed by atoms with Crippen LogP contribution < -0.4 is 10.5 Å². The van der Waals surface area contributed by atoms with Crippen LogP contribution >= 0.6 is 0 Å². The van der Waals surface area contributed by atoms with Crippen molar-refractivity contribution >= 4 is 34.4 Å². The minimum absolute atomic E-state index is 0.0953. The predicted molar refractivity (Wildman–Crippen MR) is 131 cm³/mol. The first-order valence-electron chi connectivity index (χ1n) is 11.3. The fraction of sp³-hybridized carbons (Fsp3) is 0.200. The highest BCUT2D eigenvalue weighted by Crippen LogP contribution is 2.34. The van der Waals surface area contributed by atoms with Crippen molar-refractivity contribution in [2.24, 2.45) is 0 Å². The summed E-state index contributed by atoms with van der Waals surface area (Å²) in [4.78, 5) is 57.8. The van der Waals surface area contributed by atoms with E-state index in [1.807, 2.05) is 18.2 Å². The summed E-state index contributed by atoms with van der Waals surface area (Å²) in [6.07, 6.45) is 6.02. The number of rotatable bonds is 5. The Bertz CT molecular complexity index is 1440. The minimum atomic E-state index is -0.673. The fourth-order valence-corrected chi connectivity index (χ4v) is 4.27. The van der Waals surface area contributed by atoms with Gasteiger partial charge in [-0.05, 0) is 12.1 Å². The van der Waals surface area contributed by atoms with Crippen molar-refractivity contribution in [3.63, 3.8) is 0 Å². The highest BCUT2D eigenvalue weighted by Gasteiger charge is 2.31. The molecule has 4 aromatic rings. The number of H-pyrrole nitrogens is 1. The van der Waals surface area contributed by atoms with Gasteiger partial charge in [0.05, 0.1) is 35.5 Å². The normalized spacial score (nSPS) is 13.6. The summed E-state index contributed by atoms with van der Waals surface area (Å²) >= 11 is 0. The Labute approximate surface area is 205 Å². The second-order valence-corrected chi connectivity index (χ2v) is 8.24. The Morgan fingerprint density at radius 1 is 0.944 bits per heavy atom. The summed E-state index contributed by atoms with van der Waals surface area (Å²) in [5, 5.41) is 0.440. The second-order valence-electron chi connectivity index (χ2n) is 8.24. The summed E-state index contributed by atoms with van der Waals surface area (Å²) in [7, 11) is 1.47. The van der Waals surface area contributed by atoms with E-state index in [1.54, 1.807) is 17.0 Å². The van der Waals surface area contributed by atoms with Crippen LogP contribution in [-0.2, 0) is 4.79 Å². The molecule has 36 heavy (non-hydrogen) atoms. The number of benzene rings is 1. The molecule has 4 heterocycles. The number of carbonyl (C=O) groups excluding carboxylic acids is 3. The van der Waals surface area contributed by atoms with Gasteiger partial charge in [0.25, 0.3) is 17.6 Å². The molecule has 0 radical (unpaired) electrons. The maximum absolute atomic E-state index is 13.3. The highest BCUT2D eigenvalue weighted by molar-refractivity contribution is 6.45. The van der Waals surface area contributed by atoms with Crippen LogP contribution in [0.4, 0.5) is 5.95 Å². The van der Waals surface area contributed by atoms with Gasteiger partial charge in [-0.2, -0.15) is 0 Å². The summed E-state index contributed by atoms with van der Waals surface area (Å²) in [6, 6.07) is 8.98. The summed E-state index contributed by atoms with van der Waals surface area (Å²) < 4.78 is 5.44. The number of hydrogen-bond acceptors (Lipinski definition) is 8. The number of methoxy groups -OCH3 is 1. The molecule has 0 spiro atoms.